The van der Waals surface area contributed by atoms with Crippen molar-refractivity contribution < 1.29 is 9.63 Å². The smallest absolute Gasteiger partial charge is 0.228 e. The number of carbonyl (C=O) groups is 1. The largest absolute Gasteiger partial charge is 0.414 e. The van der Waals surface area contributed by atoms with Crippen LogP contribution < -0.4 is 10.2 Å². The summed E-state index contributed by atoms with van der Waals surface area (Å²) >= 11 is 6.19. The average molecular weight is 525 g/mol. The third kappa shape index (κ3) is 10.4. The molecule has 0 atom stereocenters. The summed E-state index contributed by atoms with van der Waals surface area (Å²) in [5, 5.41) is 4.49. The molecule has 0 unspecified atom stereocenters. The molecule has 3 rings (SSSR count). The third-order valence-electron chi connectivity index (χ3n) is 6.99. The van der Waals surface area contributed by atoms with Crippen molar-refractivity contribution in [2.24, 2.45) is 0 Å². The molecular formula is C32H45ClN2O2. The summed E-state index contributed by atoms with van der Waals surface area (Å²) in [4.78, 5) is 18.8. The van der Waals surface area contributed by atoms with Crippen LogP contribution in [0.1, 0.15) is 102 Å². The van der Waals surface area contributed by atoms with Crippen molar-refractivity contribution >= 4 is 34.1 Å². The molecule has 1 amide bonds. The van der Waals surface area contributed by atoms with E-state index in [0.29, 0.717) is 17.3 Å². The fraction of sp³-hybridized carbons (Fsp3) is 0.531. The molecular weight excluding hydrogens is 480 g/mol. The highest BCUT2D eigenvalue weighted by Gasteiger charge is 2.13. The van der Waals surface area contributed by atoms with Crippen LogP contribution in [-0.4, -0.2) is 17.2 Å². The first-order valence-corrected chi connectivity index (χ1v) is 14.8. The zero-order valence-electron chi connectivity index (χ0n) is 22.7. The summed E-state index contributed by atoms with van der Waals surface area (Å²) < 4.78 is 1.83. The zero-order valence-corrected chi connectivity index (χ0v) is 23.4. The second-order valence-corrected chi connectivity index (χ2v) is 10.5. The highest BCUT2D eigenvalue weighted by molar-refractivity contribution is 6.33. The van der Waals surface area contributed by atoms with Gasteiger partial charge < -0.3 is 10.2 Å². The van der Waals surface area contributed by atoms with E-state index in [1.165, 1.54) is 83.5 Å². The lowest BCUT2D eigenvalue weighted by atomic mass is 10.0. The average Bonchev–Trinajstić information content (AvgIpc) is 3.25. The Labute approximate surface area is 228 Å². The van der Waals surface area contributed by atoms with Crippen molar-refractivity contribution in [1.82, 2.24) is 4.73 Å². The maximum atomic E-state index is 12.7. The van der Waals surface area contributed by atoms with Gasteiger partial charge >= 0.3 is 0 Å². The van der Waals surface area contributed by atoms with Crippen LogP contribution in [0.2, 0.25) is 5.02 Å². The summed E-state index contributed by atoms with van der Waals surface area (Å²) in [6.07, 6.45) is 21.0. The fourth-order valence-corrected chi connectivity index (χ4v) is 5.04. The predicted octanol–water partition coefficient (Wildman–Crippen LogP) is 9.39. The van der Waals surface area contributed by atoms with Crippen LogP contribution in [0, 0.1) is 0 Å². The number of unbranched alkanes of at least 4 members (excludes halogenated alkanes) is 13. The molecule has 202 valence electrons. The molecule has 0 bridgehead atoms. The summed E-state index contributed by atoms with van der Waals surface area (Å²) in [6, 6.07) is 15.4. The van der Waals surface area contributed by atoms with E-state index in [9.17, 15) is 4.79 Å². The first kappa shape index (κ1) is 29.1. The van der Waals surface area contributed by atoms with Crippen LogP contribution in [0.4, 0.5) is 5.69 Å². The lowest BCUT2D eigenvalue weighted by molar-refractivity contribution is -0.115. The maximum Gasteiger partial charge on any atom is 0.228 e. The number of para-hydroxylation sites is 2. The van der Waals surface area contributed by atoms with Gasteiger partial charge in [-0.15, -0.1) is 0 Å². The Balaban J connectivity index is 1.31. The molecule has 0 spiro atoms. The molecule has 0 radical (unpaired) electrons. The van der Waals surface area contributed by atoms with Crippen molar-refractivity contribution in [1.29, 1.82) is 0 Å². The van der Waals surface area contributed by atoms with E-state index in [4.69, 9.17) is 16.4 Å². The molecule has 0 aliphatic heterocycles. The number of hydrogen-bond acceptors (Lipinski definition) is 2. The van der Waals surface area contributed by atoms with Crippen molar-refractivity contribution in [2.45, 2.75) is 103 Å². The molecule has 1 N–H and O–H groups in total. The highest BCUT2D eigenvalue weighted by Crippen LogP contribution is 2.24. The molecule has 5 heteroatoms. The van der Waals surface area contributed by atoms with Gasteiger partial charge in [0.15, 0.2) is 0 Å². The van der Waals surface area contributed by atoms with Crippen molar-refractivity contribution in [3.63, 3.8) is 0 Å². The molecule has 1 heterocycles. The Morgan fingerprint density at radius 2 is 1.35 bits per heavy atom. The summed E-state index contributed by atoms with van der Waals surface area (Å²) in [7, 11) is 0. The Morgan fingerprint density at radius 3 is 2.00 bits per heavy atom. The Bertz CT molecular complexity index is 1060. The molecule has 0 aliphatic carbocycles. The minimum atomic E-state index is -0.0945. The summed E-state index contributed by atoms with van der Waals surface area (Å²) in [5.74, 6) is -0.0945. The molecule has 0 fully saturated rings. The Morgan fingerprint density at radius 1 is 0.784 bits per heavy atom. The predicted molar refractivity (Wildman–Crippen MR) is 157 cm³/mol. The number of amides is 1. The number of nitrogens with zero attached hydrogens (tertiary/aromatic N) is 1. The Hall–Kier alpha value is -2.46. The monoisotopic (exact) mass is 524 g/mol. The van der Waals surface area contributed by atoms with E-state index in [1.807, 2.05) is 53.4 Å². The van der Waals surface area contributed by atoms with Gasteiger partial charge in [-0.2, -0.15) is 4.73 Å². The maximum absolute atomic E-state index is 12.7. The van der Waals surface area contributed by atoms with E-state index in [-0.39, 0.29) is 12.3 Å². The second-order valence-electron chi connectivity index (χ2n) is 10.1. The standard InChI is InChI=1S/C32H45ClN2O2/c1-2-3-4-5-6-7-8-9-10-11-12-13-14-19-24-37-35-26-27(28-20-15-18-23-31(28)35)25-32(36)34-30-22-17-16-21-29(30)33/h15-18,20-23,26H,2-14,19,24-25H2,1H3,(H,34,36). The lowest BCUT2D eigenvalue weighted by Gasteiger charge is -2.08. The third-order valence-corrected chi connectivity index (χ3v) is 7.32. The van der Waals surface area contributed by atoms with Gasteiger partial charge in [0.25, 0.3) is 0 Å². The summed E-state index contributed by atoms with van der Waals surface area (Å²) in [5.41, 5.74) is 2.57. The number of benzene rings is 2. The first-order chi connectivity index (χ1) is 18.2. The molecule has 1 aromatic heterocycles. The number of nitrogens with one attached hydrogen (secondary N) is 1. The molecule has 4 nitrogen and oxygen atoms in total. The molecule has 2 aromatic carbocycles. The zero-order chi connectivity index (χ0) is 26.1. The highest BCUT2D eigenvalue weighted by atomic mass is 35.5. The van der Waals surface area contributed by atoms with Crippen molar-refractivity contribution in [3.05, 3.63) is 65.3 Å². The Kier molecular flexibility index (Phi) is 13.5. The van der Waals surface area contributed by atoms with E-state index in [1.54, 1.807) is 6.07 Å². The number of halogens is 1. The minimum absolute atomic E-state index is 0.0945. The normalized spacial score (nSPS) is 11.2. The number of anilines is 1. The van der Waals surface area contributed by atoms with E-state index in [2.05, 4.69) is 12.2 Å². The van der Waals surface area contributed by atoms with Crippen LogP contribution in [0.25, 0.3) is 10.9 Å². The number of rotatable bonds is 19. The van der Waals surface area contributed by atoms with Gasteiger partial charge in [0.1, 0.15) is 6.61 Å². The second kappa shape index (κ2) is 17.1. The molecule has 3 aromatic rings. The van der Waals surface area contributed by atoms with Gasteiger partial charge in [0.05, 0.1) is 22.6 Å². The van der Waals surface area contributed by atoms with E-state index in [0.717, 1.165) is 22.9 Å². The van der Waals surface area contributed by atoms with Crippen LogP contribution in [-0.2, 0) is 11.2 Å². The minimum Gasteiger partial charge on any atom is -0.414 e. The number of carbonyl (C=O) groups excluding carboxylic acids is 1. The van der Waals surface area contributed by atoms with Crippen LogP contribution >= 0.6 is 11.6 Å². The van der Waals surface area contributed by atoms with Gasteiger partial charge in [0, 0.05) is 11.6 Å². The SMILES string of the molecule is CCCCCCCCCCCCCCCCOn1cc(CC(=O)Nc2ccccc2Cl)c2ccccc21. The first-order valence-electron chi connectivity index (χ1n) is 14.5. The molecule has 0 aliphatic rings. The van der Waals surface area contributed by atoms with Gasteiger partial charge in [-0.3, -0.25) is 4.79 Å². The van der Waals surface area contributed by atoms with E-state index >= 15 is 0 Å². The molecule has 37 heavy (non-hydrogen) atoms. The number of hydrogen-bond donors (Lipinski definition) is 1. The van der Waals surface area contributed by atoms with Crippen LogP contribution in [0.5, 0.6) is 0 Å². The van der Waals surface area contributed by atoms with Gasteiger partial charge in [0.2, 0.25) is 5.91 Å². The van der Waals surface area contributed by atoms with Crippen LogP contribution in [0.3, 0.4) is 0 Å². The fourth-order valence-electron chi connectivity index (χ4n) is 4.86. The van der Waals surface area contributed by atoms with Gasteiger partial charge in [-0.05, 0) is 36.6 Å². The van der Waals surface area contributed by atoms with E-state index < -0.39 is 0 Å². The number of fused-ring (bicyclic) bond motifs is 1. The van der Waals surface area contributed by atoms with Crippen molar-refractivity contribution in [2.75, 3.05) is 11.9 Å². The van der Waals surface area contributed by atoms with Gasteiger partial charge in [-0.1, -0.05) is 126 Å². The molecule has 0 saturated heterocycles. The van der Waals surface area contributed by atoms with Gasteiger partial charge in [-0.25, -0.2) is 0 Å². The van der Waals surface area contributed by atoms with Crippen molar-refractivity contribution in [3.8, 4) is 0 Å². The number of aromatic nitrogens is 1. The topological polar surface area (TPSA) is 43.3 Å². The van der Waals surface area contributed by atoms with Crippen LogP contribution in [0.15, 0.2) is 54.7 Å². The lowest BCUT2D eigenvalue weighted by Crippen LogP contribution is -2.15. The quantitative estimate of drug-likeness (QED) is 0.159. The molecule has 0 saturated carbocycles. The summed E-state index contributed by atoms with van der Waals surface area (Å²) in [6.45, 7) is 2.96.